The molecule has 98 valence electrons. The molecule has 3 aromatic rings. The Balaban J connectivity index is 0.000000637. The van der Waals surface area contributed by atoms with E-state index in [9.17, 15) is 4.39 Å². The van der Waals surface area contributed by atoms with Crippen molar-refractivity contribution in [2.75, 3.05) is 5.73 Å². The van der Waals surface area contributed by atoms with Crippen molar-refractivity contribution in [1.82, 2.24) is 9.38 Å². The lowest BCUT2D eigenvalue weighted by molar-refractivity contribution is 0.619. The Bertz CT molecular complexity index is 674. The minimum Gasteiger partial charge on any atom is -0.382 e. The lowest BCUT2D eigenvalue weighted by atomic mass is 10.1. The van der Waals surface area contributed by atoms with Crippen LogP contribution in [0.25, 0.3) is 16.9 Å². The van der Waals surface area contributed by atoms with E-state index >= 15 is 0 Å². The lowest BCUT2D eigenvalue weighted by Gasteiger charge is -2.02. The van der Waals surface area contributed by atoms with Crippen LogP contribution in [0.3, 0.4) is 0 Å². The van der Waals surface area contributed by atoms with E-state index < -0.39 is 0 Å². The third kappa shape index (κ3) is 2.42. The van der Waals surface area contributed by atoms with Crippen LogP contribution in [0.1, 0.15) is 13.8 Å². The second-order valence-electron chi connectivity index (χ2n) is 3.79. The summed E-state index contributed by atoms with van der Waals surface area (Å²) in [6.07, 6.45) is 1.39. The normalized spacial score (nSPS) is 10.1. The number of hydrogen-bond acceptors (Lipinski definition) is 2. The van der Waals surface area contributed by atoms with Crippen molar-refractivity contribution in [1.29, 1.82) is 0 Å². The molecule has 0 aliphatic heterocycles. The summed E-state index contributed by atoms with van der Waals surface area (Å²) in [4.78, 5) is 4.20. The number of hydrogen-bond donors (Lipinski definition) is 1. The number of benzene rings is 1. The smallest absolute Gasteiger partial charge is 0.150 e. The van der Waals surface area contributed by atoms with E-state index in [-0.39, 0.29) is 5.82 Å². The molecular formula is C15H16FN3. The monoisotopic (exact) mass is 257 g/mol. The molecule has 0 saturated heterocycles. The second kappa shape index (κ2) is 5.52. The molecule has 0 unspecified atom stereocenters. The van der Waals surface area contributed by atoms with Crippen molar-refractivity contribution in [3.05, 3.63) is 54.5 Å². The minimum atomic E-state index is -0.313. The highest BCUT2D eigenvalue weighted by atomic mass is 19.1. The Morgan fingerprint density at radius 2 is 1.74 bits per heavy atom. The van der Waals surface area contributed by atoms with E-state index in [2.05, 4.69) is 4.98 Å². The molecule has 3 nitrogen and oxygen atoms in total. The molecule has 0 saturated carbocycles. The molecule has 0 bridgehead atoms. The van der Waals surface area contributed by atoms with Crippen LogP contribution >= 0.6 is 0 Å². The Morgan fingerprint density at radius 3 is 2.42 bits per heavy atom. The zero-order chi connectivity index (χ0) is 13.8. The van der Waals surface area contributed by atoms with Crippen molar-refractivity contribution in [3.8, 4) is 11.3 Å². The van der Waals surface area contributed by atoms with Gasteiger partial charge in [0.2, 0.25) is 0 Å². The highest BCUT2D eigenvalue weighted by molar-refractivity contribution is 5.75. The first-order chi connectivity index (χ1) is 9.25. The average Bonchev–Trinajstić information content (AvgIpc) is 2.77. The number of nitrogens with zero attached hydrogens (tertiary/aromatic N) is 2. The topological polar surface area (TPSA) is 43.3 Å². The number of aromatic nitrogens is 2. The number of anilines is 1. The molecule has 0 radical (unpaired) electrons. The van der Waals surface area contributed by atoms with Gasteiger partial charge in [-0.05, 0) is 12.1 Å². The van der Waals surface area contributed by atoms with Crippen LogP contribution in [-0.4, -0.2) is 9.38 Å². The quantitative estimate of drug-likeness (QED) is 0.721. The van der Waals surface area contributed by atoms with E-state index in [0.717, 1.165) is 11.3 Å². The van der Waals surface area contributed by atoms with Crippen molar-refractivity contribution in [3.63, 3.8) is 0 Å². The molecule has 4 heteroatoms. The van der Waals surface area contributed by atoms with Crippen LogP contribution in [0.2, 0.25) is 0 Å². The third-order valence-corrected chi connectivity index (χ3v) is 2.66. The van der Waals surface area contributed by atoms with Crippen LogP contribution in [0, 0.1) is 5.82 Å². The summed E-state index contributed by atoms with van der Waals surface area (Å²) in [5, 5.41) is 0. The minimum absolute atomic E-state index is 0.313. The van der Waals surface area contributed by atoms with Gasteiger partial charge >= 0.3 is 0 Å². The molecule has 0 amide bonds. The average molecular weight is 257 g/mol. The molecule has 0 spiro atoms. The van der Waals surface area contributed by atoms with Crippen molar-refractivity contribution < 1.29 is 4.39 Å². The van der Waals surface area contributed by atoms with Gasteiger partial charge in [0.1, 0.15) is 11.5 Å². The van der Waals surface area contributed by atoms with Crippen LogP contribution in [0.5, 0.6) is 0 Å². The highest BCUT2D eigenvalue weighted by Crippen LogP contribution is 2.26. The number of rotatable bonds is 1. The fourth-order valence-corrected chi connectivity index (χ4v) is 1.92. The molecule has 0 aliphatic carbocycles. The summed E-state index contributed by atoms with van der Waals surface area (Å²) in [6.45, 7) is 4.00. The summed E-state index contributed by atoms with van der Waals surface area (Å²) < 4.78 is 14.9. The van der Waals surface area contributed by atoms with E-state index in [1.165, 1.54) is 12.3 Å². The number of imidazole rings is 1. The first kappa shape index (κ1) is 13.1. The highest BCUT2D eigenvalue weighted by Gasteiger charge is 2.11. The number of halogens is 1. The number of nitrogen functional groups attached to an aromatic ring is 1. The summed E-state index contributed by atoms with van der Waals surface area (Å²) in [5.41, 5.74) is 8.16. The fourth-order valence-electron chi connectivity index (χ4n) is 1.92. The van der Waals surface area contributed by atoms with Crippen molar-refractivity contribution in [2.45, 2.75) is 13.8 Å². The van der Waals surface area contributed by atoms with Gasteiger partial charge in [0.25, 0.3) is 0 Å². The Kier molecular flexibility index (Phi) is 3.80. The number of pyridine rings is 1. The zero-order valence-corrected chi connectivity index (χ0v) is 11.0. The van der Waals surface area contributed by atoms with E-state index in [1.807, 2.05) is 44.2 Å². The molecule has 2 N–H and O–H groups in total. The first-order valence-electron chi connectivity index (χ1n) is 6.24. The fraction of sp³-hybridized carbons (Fsp3) is 0.133. The predicted molar refractivity (Wildman–Crippen MR) is 76.3 cm³/mol. The largest absolute Gasteiger partial charge is 0.382 e. The van der Waals surface area contributed by atoms with Crippen molar-refractivity contribution >= 4 is 11.5 Å². The van der Waals surface area contributed by atoms with Gasteiger partial charge in [0, 0.05) is 11.8 Å². The lowest BCUT2D eigenvalue weighted by Crippen LogP contribution is -1.92. The zero-order valence-electron chi connectivity index (χ0n) is 11.0. The summed E-state index contributed by atoms with van der Waals surface area (Å²) in [5.74, 6) is 0.0916. The Hall–Kier alpha value is -2.36. The van der Waals surface area contributed by atoms with Gasteiger partial charge in [0.05, 0.1) is 5.69 Å². The molecule has 3 rings (SSSR count). The van der Waals surface area contributed by atoms with E-state index in [0.29, 0.717) is 11.5 Å². The van der Waals surface area contributed by atoms with Gasteiger partial charge in [-0.2, -0.15) is 0 Å². The van der Waals surface area contributed by atoms with Gasteiger partial charge in [-0.3, -0.25) is 4.40 Å². The van der Waals surface area contributed by atoms with E-state index in [4.69, 9.17) is 5.73 Å². The molecule has 2 aromatic heterocycles. The molecule has 0 aliphatic rings. The molecule has 1 aromatic carbocycles. The standard InChI is InChI=1S/C13H10FN3.C2H6/c14-10-6-7-11-16-13(15)12(17(11)8-10)9-4-2-1-3-5-9;1-2/h1-8H,15H2;1-2H3. The molecule has 0 atom stereocenters. The summed E-state index contributed by atoms with van der Waals surface area (Å²) in [6, 6.07) is 12.6. The predicted octanol–water partition coefficient (Wildman–Crippen LogP) is 3.75. The van der Waals surface area contributed by atoms with E-state index in [1.54, 1.807) is 10.5 Å². The Morgan fingerprint density at radius 1 is 1.05 bits per heavy atom. The maximum absolute atomic E-state index is 13.3. The van der Waals surface area contributed by atoms with Gasteiger partial charge in [0.15, 0.2) is 5.82 Å². The first-order valence-corrected chi connectivity index (χ1v) is 6.24. The van der Waals surface area contributed by atoms with Crippen LogP contribution in [-0.2, 0) is 0 Å². The summed E-state index contributed by atoms with van der Waals surface area (Å²) >= 11 is 0. The van der Waals surface area contributed by atoms with Gasteiger partial charge in [-0.25, -0.2) is 9.37 Å². The molecular weight excluding hydrogens is 241 g/mol. The third-order valence-electron chi connectivity index (χ3n) is 2.66. The van der Waals surface area contributed by atoms with Crippen molar-refractivity contribution in [2.24, 2.45) is 0 Å². The van der Waals surface area contributed by atoms with Crippen LogP contribution in [0.15, 0.2) is 48.7 Å². The maximum Gasteiger partial charge on any atom is 0.150 e. The molecule has 19 heavy (non-hydrogen) atoms. The number of fused-ring (bicyclic) bond motifs is 1. The SMILES string of the molecule is CC.Nc1nc2ccc(F)cn2c1-c1ccccc1. The van der Waals surface area contributed by atoms with Crippen LogP contribution in [0.4, 0.5) is 10.2 Å². The van der Waals surface area contributed by atoms with Gasteiger partial charge in [-0.15, -0.1) is 0 Å². The molecule has 2 heterocycles. The van der Waals surface area contributed by atoms with Gasteiger partial charge < -0.3 is 5.73 Å². The van der Waals surface area contributed by atoms with Gasteiger partial charge in [-0.1, -0.05) is 44.2 Å². The summed E-state index contributed by atoms with van der Waals surface area (Å²) in [7, 11) is 0. The molecule has 0 fully saturated rings. The maximum atomic E-state index is 13.3. The van der Waals surface area contributed by atoms with Crippen LogP contribution < -0.4 is 5.73 Å². The Labute approximate surface area is 111 Å². The second-order valence-corrected chi connectivity index (χ2v) is 3.79. The number of nitrogens with two attached hydrogens (primary N) is 1.